The predicted molar refractivity (Wildman–Crippen MR) is 54.3 cm³/mol. The molecule has 1 atom stereocenters. The fourth-order valence-electron chi connectivity index (χ4n) is 1.94. The van der Waals surface area contributed by atoms with Crippen LogP contribution in [0.15, 0.2) is 0 Å². The lowest BCUT2D eigenvalue weighted by Crippen LogP contribution is -2.41. The van der Waals surface area contributed by atoms with Crippen molar-refractivity contribution in [2.24, 2.45) is 5.92 Å². The lowest BCUT2D eigenvalue weighted by Gasteiger charge is -2.34. The summed E-state index contributed by atoms with van der Waals surface area (Å²) < 4.78 is 0. The maximum Gasteiger partial charge on any atom is 0.0150 e. The van der Waals surface area contributed by atoms with Gasteiger partial charge in [-0.05, 0) is 39.2 Å². The summed E-state index contributed by atoms with van der Waals surface area (Å²) in [5.74, 6) is 0.968. The molecule has 0 spiro atoms. The Morgan fingerprint density at radius 2 is 2.00 bits per heavy atom. The van der Waals surface area contributed by atoms with Crippen LogP contribution in [0.4, 0.5) is 0 Å². The summed E-state index contributed by atoms with van der Waals surface area (Å²) in [6.45, 7) is 12.0. The topological polar surface area (TPSA) is 3.24 Å². The Bertz CT molecular complexity index is 140. The Morgan fingerprint density at radius 1 is 1.33 bits per heavy atom. The van der Waals surface area contributed by atoms with E-state index in [-0.39, 0.29) is 0 Å². The Labute approximate surface area is 77.1 Å². The molecule has 1 nitrogen and oxygen atoms in total. The molecule has 1 aliphatic rings. The van der Waals surface area contributed by atoms with Gasteiger partial charge < -0.3 is 0 Å². The zero-order valence-corrected chi connectivity index (χ0v) is 9.06. The molecule has 0 amide bonds. The summed E-state index contributed by atoms with van der Waals surface area (Å²) in [5, 5.41) is 0. The molecule has 0 aliphatic carbocycles. The molecule has 72 valence electrons. The summed E-state index contributed by atoms with van der Waals surface area (Å²) in [6, 6.07) is 0. The molecule has 0 bridgehead atoms. The molecule has 1 rings (SSSR count). The summed E-state index contributed by atoms with van der Waals surface area (Å²) >= 11 is 0. The predicted octanol–water partition coefficient (Wildman–Crippen LogP) is 2.91. The normalized spacial score (nSPS) is 26.5. The summed E-state index contributed by atoms with van der Waals surface area (Å²) in [4.78, 5) is 2.65. The van der Waals surface area contributed by atoms with Crippen LogP contribution in [0.1, 0.15) is 47.0 Å². The second-order valence-corrected chi connectivity index (χ2v) is 4.67. The quantitative estimate of drug-likeness (QED) is 0.628. The molecular formula is C11H23N. The first kappa shape index (κ1) is 10.0. The van der Waals surface area contributed by atoms with Crippen molar-refractivity contribution in [3.8, 4) is 0 Å². The third-order valence-electron chi connectivity index (χ3n) is 3.58. The minimum absolute atomic E-state index is 0.434. The highest BCUT2D eigenvalue weighted by molar-refractivity contribution is 4.86. The monoisotopic (exact) mass is 169 g/mol. The average Bonchev–Trinajstić information content (AvgIpc) is 2.52. The molecule has 1 heterocycles. The van der Waals surface area contributed by atoms with E-state index in [1.54, 1.807) is 0 Å². The molecule has 1 aliphatic heterocycles. The number of rotatable bonds is 3. The van der Waals surface area contributed by atoms with Crippen LogP contribution in [-0.2, 0) is 0 Å². The third-order valence-corrected chi connectivity index (χ3v) is 3.58. The Balaban J connectivity index is 2.46. The van der Waals surface area contributed by atoms with Crippen LogP contribution in [-0.4, -0.2) is 23.5 Å². The molecule has 1 fully saturated rings. The zero-order chi connectivity index (χ0) is 9.19. The van der Waals surface area contributed by atoms with Crippen LogP contribution < -0.4 is 0 Å². The van der Waals surface area contributed by atoms with Gasteiger partial charge in [-0.25, -0.2) is 0 Å². The second kappa shape index (κ2) is 3.78. The lowest BCUT2D eigenvalue weighted by atomic mass is 10.00. The van der Waals surface area contributed by atoms with Crippen LogP contribution in [0, 0.1) is 5.92 Å². The highest BCUT2D eigenvalue weighted by Crippen LogP contribution is 2.28. The molecule has 12 heavy (non-hydrogen) atoms. The van der Waals surface area contributed by atoms with Gasteiger partial charge in [-0.3, -0.25) is 4.90 Å². The first-order valence-corrected chi connectivity index (χ1v) is 5.35. The van der Waals surface area contributed by atoms with Crippen molar-refractivity contribution in [3.05, 3.63) is 0 Å². The van der Waals surface area contributed by atoms with Crippen LogP contribution in [0.25, 0.3) is 0 Å². The van der Waals surface area contributed by atoms with Crippen molar-refractivity contribution < 1.29 is 0 Å². The third kappa shape index (κ3) is 2.01. The fourth-order valence-corrected chi connectivity index (χ4v) is 1.94. The molecule has 1 heteroatoms. The van der Waals surface area contributed by atoms with E-state index in [0.29, 0.717) is 5.54 Å². The van der Waals surface area contributed by atoms with Gasteiger partial charge >= 0.3 is 0 Å². The van der Waals surface area contributed by atoms with Crippen LogP contribution in [0.5, 0.6) is 0 Å². The van der Waals surface area contributed by atoms with Crippen molar-refractivity contribution in [1.82, 2.24) is 4.90 Å². The van der Waals surface area contributed by atoms with Crippen molar-refractivity contribution in [2.45, 2.75) is 52.5 Å². The Morgan fingerprint density at radius 3 is 2.42 bits per heavy atom. The largest absolute Gasteiger partial charge is 0.298 e. The van der Waals surface area contributed by atoms with Crippen LogP contribution in [0.2, 0.25) is 0 Å². The molecule has 0 saturated carbocycles. The van der Waals surface area contributed by atoms with Gasteiger partial charge in [-0.1, -0.05) is 20.3 Å². The van der Waals surface area contributed by atoms with Gasteiger partial charge in [-0.2, -0.15) is 0 Å². The van der Waals surface area contributed by atoms with Gasteiger partial charge in [-0.15, -0.1) is 0 Å². The SMILES string of the molecule is CCC1CCN(C(C)(C)CC)C1. The Hall–Kier alpha value is -0.0400. The average molecular weight is 169 g/mol. The molecular weight excluding hydrogens is 146 g/mol. The molecule has 0 aromatic carbocycles. The van der Waals surface area contributed by atoms with E-state index in [1.807, 2.05) is 0 Å². The maximum absolute atomic E-state index is 2.65. The molecule has 0 radical (unpaired) electrons. The standard InChI is InChI=1S/C11H23N/c1-5-10-7-8-12(9-10)11(3,4)6-2/h10H,5-9H2,1-4H3. The van der Waals surface area contributed by atoms with Gasteiger partial charge in [0.25, 0.3) is 0 Å². The molecule has 0 aromatic rings. The van der Waals surface area contributed by atoms with Crippen molar-refractivity contribution in [1.29, 1.82) is 0 Å². The van der Waals surface area contributed by atoms with E-state index in [4.69, 9.17) is 0 Å². The van der Waals surface area contributed by atoms with Crippen LogP contribution in [0.3, 0.4) is 0 Å². The molecule has 0 aromatic heterocycles. The van der Waals surface area contributed by atoms with Gasteiger partial charge in [0.15, 0.2) is 0 Å². The number of hydrogen-bond donors (Lipinski definition) is 0. The summed E-state index contributed by atoms with van der Waals surface area (Å²) in [5.41, 5.74) is 0.434. The smallest absolute Gasteiger partial charge is 0.0150 e. The van der Waals surface area contributed by atoms with Crippen molar-refractivity contribution >= 4 is 0 Å². The van der Waals surface area contributed by atoms with Gasteiger partial charge in [0.05, 0.1) is 0 Å². The lowest BCUT2D eigenvalue weighted by molar-refractivity contribution is 0.144. The van der Waals surface area contributed by atoms with Crippen molar-refractivity contribution in [2.75, 3.05) is 13.1 Å². The van der Waals surface area contributed by atoms with E-state index in [2.05, 4.69) is 32.6 Å². The van der Waals surface area contributed by atoms with Gasteiger partial charge in [0, 0.05) is 12.1 Å². The maximum atomic E-state index is 2.65. The van der Waals surface area contributed by atoms with E-state index in [1.165, 1.54) is 32.4 Å². The second-order valence-electron chi connectivity index (χ2n) is 4.67. The fraction of sp³-hybridized carbons (Fsp3) is 1.00. The van der Waals surface area contributed by atoms with E-state index >= 15 is 0 Å². The first-order valence-electron chi connectivity index (χ1n) is 5.35. The number of nitrogens with zero attached hydrogens (tertiary/aromatic N) is 1. The first-order chi connectivity index (χ1) is 5.60. The Kier molecular flexibility index (Phi) is 3.16. The summed E-state index contributed by atoms with van der Waals surface area (Å²) in [6.07, 6.45) is 4.04. The zero-order valence-electron chi connectivity index (χ0n) is 9.06. The van der Waals surface area contributed by atoms with E-state index < -0.39 is 0 Å². The number of hydrogen-bond acceptors (Lipinski definition) is 1. The highest BCUT2D eigenvalue weighted by Gasteiger charge is 2.30. The van der Waals surface area contributed by atoms with Crippen molar-refractivity contribution in [3.63, 3.8) is 0 Å². The highest BCUT2D eigenvalue weighted by atomic mass is 15.2. The minimum atomic E-state index is 0.434. The van der Waals surface area contributed by atoms with Gasteiger partial charge in [0.1, 0.15) is 0 Å². The van der Waals surface area contributed by atoms with Gasteiger partial charge in [0.2, 0.25) is 0 Å². The van der Waals surface area contributed by atoms with Crippen LogP contribution >= 0.6 is 0 Å². The minimum Gasteiger partial charge on any atom is -0.298 e. The molecule has 1 unspecified atom stereocenters. The summed E-state index contributed by atoms with van der Waals surface area (Å²) in [7, 11) is 0. The van der Waals surface area contributed by atoms with E-state index in [0.717, 1.165) is 5.92 Å². The molecule has 0 N–H and O–H groups in total. The molecule has 1 saturated heterocycles. The van der Waals surface area contributed by atoms with E-state index in [9.17, 15) is 0 Å². The number of likely N-dealkylation sites (tertiary alicyclic amines) is 1.